The van der Waals surface area contributed by atoms with Gasteiger partial charge in [0, 0.05) is 12.2 Å². The standard InChI is InChI=1S/C13H17NO2/c1-10(12-8-5-9-16-12)14-13(15)11-6-3-2-4-7-11/h2-4,6-7,10,12H,5,8-9H2,1H3,(H,14,15). The van der Waals surface area contributed by atoms with Gasteiger partial charge < -0.3 is 10.1 Å². The lowest BCUT2D eigenvalue weighted by molar-refractivity contribution is 0.0712. The fraction of sp³-hybridized carbons (Fsp3) is 0.462. The Morgan fingerprint density at radius 2 is 2.19 bits per heavy atom. The van der Waals surface area contributed by atoms with E-state index in [0.717, 1.165) is 19.4 Å². The molecule has 1 saturated heterocycles. The fourth-order valence-electron chi connectivity index (χ4n) is 1.97. The van der Waals surface area contributed by atoms with Crippen LogP contribution in [-0.2, 0) is 4.74 Å². The van der Waals surface area contributed by atoms with E-state index in [1.165, 1.54) is 0 Å². The molecule has 3 nitrogen and oxygen atoms in total. The second-order valence-corrected chi connectivity index (χ2v) is 4.18. The predicted octanol–water partition coefficient (Wildman–Crippen LogP) is 1.98. The summed E-state index contributed by atoms with van der Waals surface area (Å²) in [5.41, 5.74) is 0.701. The molecule has 1 aliphatic rings. The Morgan fingerprint density at radius 1 is 1.44 bits per heavy atom. The van der Waals surface area contributed by atoms with Crippen LogP contribution in [0.3, 0.4) is 0 Å². The van der Waals surface area contributed by atoms with E-state index in [9.17, 15) is 4.79 Å². The van der Waals surface area contributed by atoms with Gasteiger partial charge in [0.15, 0.2) is 0 Å². The molecular formula is C13H17NO2. The van der Waals surface area contributed by atoms with Gasteiger partial charge in [-0.15, -0.1) is 0 Å². The largest absolute Gasteiger partial charge is 0.376 e. The number of hydrogen-bond acceptors (Lipinski definition) is 2. The average molecular weight is 219 g/mol. The Labute approximate surface area is 95.8 Å². The molecule has 1 N–H and O–H groups in total. The van der Waals surface area contributed by atoms with Gasteiger partial charge in [-0.25, -0.2) is 0 Å². The molecule has 1 fully saturated rings. The monoisotopic (exact) mass is 219 g/mol. The molecule has 0 spiro atoms. The number of nitrogens with one attached hydrogen (secondary N) is 1. The molecule has 16 heavy (non-hydrogen) atoms. The second kappa shape index (κ2) is 5.12. The highest BCUT2D eigenvalue weighted by molar-refractivity contribution is 5.94. The summed E-state index contributed by atoms with van der Waals surface area (Å²) in [6.45, 7) is 2.81. The van der Waals surface area contributed by atoms with E-state index in [1.54, 1.807) is 0 Å². The summed E-state index contributed by atoms with van der Waals surface area (Å²) in [6, 6.07) is 9.35. The number of ether oxygens (including phenoxy) is 1. The summed E-state index contributed by atoms with van der Waals surface area (Å²) in [4.78, 5) is 11.8. The summed E-state index contributed by atoms with van der Waals surface area (Å²) in [7, 11) is 0. The minimum absolute atomic E-state index is 0.0244. The molecule has 0 radical (unpaired) electrons. The molecule has 1 aliphatic heterocycles. The van der Waals surface area contributed by atoms with Crippen molar-refractivity contribution in [2.75, 3.05) is 6.61 Å². The average Bonchev–Trinajstić information content (AvgIpc) is 2.83. The molecule has 0 aliphatic carbocycles. The predicted molar refractivity (Wildman–Crippen MR) is 62.3 cm³/mol. The molecule has 1 aromatic carbocycles. The van der Waals surface area contributed by atoms with Crippen LogP contribution in [0, 0.1) is 0 Å². The lowest BCUT2D eigenvalue weighted by atomic mass is 10.1. The molecular weight excluding hydrogens is 202 g/mol. The maximum absolute atomic E-state index is 11.8. The summed E-state index contributed by atoms with van der Waals surface area (Å²) >= 11 is 0. The summed E-state index contributed by atoms with van der Waals surface area (Å²) in [6.07, 6.45) is 2.31. The third-order valence-corrected chi connectivity index (χ3v) is 2.92. The van der Waals surface area contributed by atoms with Crippen molar-refractivity contribution < 1.29 is 9.53 Å². The first-order chi connectivity index (χ1) is 7.77. The van der Waals surface area contributed by atoms with Crippen LogP contribution in [0.25, 0.3) is 0 Å². The zero-order chi connectivity index (χ0) is 11.4. The van der Waals surface area contributed by atoms with Gasteiger partial charge in [0.1, 0.15) is 0 Å². The molecule has 2 atom stereocenters. The Hall–Kier alpha value is -1.35. The van der Waals surface area contributed by atoms with Gasteiger partial charge in [-0.1, -0.05) is 18.2 Å². The summed E-state index contributed by atoms with van der Waals surface area (Å²) in [5.74, 6) is -0.0244. The molecule has 2 unspecified atom stereocenters. The molecule has 1 heterocycles. The summed E-state index contributed by atoms with van der Waals surface area (Å²) in [5, 5.41) is 2.97. The SMILES string of the molecule is CC(NC(=O)c1ccccc1)C1CCCO1. The van der Waals surface area contributed by atoms with Gasteiger partial charge in [-0.3, -0.25) is 4.79 Å². The Kier molecular flexibility index (Phi) is 3.57. The first kappa shape index (κ1) is 11.1. The van der Waals surface area contributed by atoms with Crippen molar-refractivity contribution in [2.24, 2.45) is 0 Å². The van der Waals surface area contributed by atoms with Gasteiger partial charge in [0.25, 0.3) is 5.91 Å². The quantitative estimate of drug-likeness (QED) is 0.844. The van der Waals surface area contributed by atoms with Gasteiger partial charge in [-0.05, 0) is 31.9 Å². The number of carbonyl (C=O) groups excluding carboxylic acids is 1. The normalized spacial score (nSPS) is 21.7. The maximum atomic E-state index is 11.8. The zero-order valence-electron chi connectivity index (χ0n) is 9.48. The number of benzene rings is 1. The third kappa shape index (κ3) is 2.61. The van der Waals surface area contributed by atoms with E-state index in [2.05, 4.69) is 5.32 Å². The highest BCUT2D eigenvalue weighted by Crippen LogP contribution is 2.15. The smallest absolute Gasteiger partial charge is 0.251 e. The van der Waals surface area contributed by atoms with Gasteiger partial charge >= 0.3 is 0 Å². The first-order valence-corrected chi connectivity index (χ1v) is 5.75. The number of hydrogen-bond donors (Lipinski definition) is 1. The number of amides is 1. The Balaban J connectivity index is 1.92. The van der Waals surface area contributed by atoms with Crippen LogP contribution >= 0.6 is 0 Å². The minimum atomic E-state index is -0.0244. The van der Waals surface area contributed by atoms with E-state index >= 15 is 0 Å². The molecule has 3 heteroatoms. The molecule has 0 bridgehead atoms. The maximum Gasteiger partial charge on any atom is 0.251 e. The van der Waals surface area contributed by atoms with E-state index in [4.69, 9.17) is 4.74 Å². The van der Waals surface area contributed by atoms with E-state index in [0.29, 0.717) is 5.56 Å². The second-order valence-electron chi connectivity index (χ2n) is 4.18. The number of rotatable bonds is 3. The molecule has 2 rings (SSSR count). The van der Waals surface area contributed by atoms with Crippen LogP contribution < -0.4 is 5.32 Å². The summed E-state index contributed by atoms with van der Waals surface area (Å²) < 4.78 is 5.54. The Bertz CT molecular complexity index is 344. The number of carbonyl (C=O) groups is 1. The first-order valence-electron chi connectivity index (χ1n) is 5.75. The molecule has 1 amide bonds. The van der Waals surface area contributed by atoms with Crippen molar-refractivity contribution in [2.45, 2.75) is 31.9 Å². The lowest BCUT2D eigenvalue weighted by Crippen LogP contribution is -2.40. The molecule has 0 saturated carbocycles. The van der Waals surface area contributed by atoms with Crippen molar-refractivity contribution in [1.82, 2.24) is 5.32 Å². The van der Waals surface area contributed by atoms with Crippen molar-refractivity contribution in [1.29, 1.82) is 0 Å². The highest BCUT2D eigenvalue weighted by atomic mass is 16.5. The van der Waals surface area contributed by atoms with Crippen LogP contribution in [0.5, 0.6) is 0 Å². The van der Waals surface area contributed by atoms with Crippen molar-refractivity contribution in [3.05, 3.63) is 35.9 Å². The van der Waals surface area contributed by atoms with Crippen molar-refractivity contribution in [3.8, 4) is 0 Å². The van der Waals surface area contributed by atoms with Crippen molar-refractivity contribution in [3.63, 3.8) is 0 Å². The molecule has 0 aromatic heterocycles. The molecule has 86 valence electrons. The third-order valence-electron chi connectivity index (χ3n) is 2.92. The van der Waals surface area contributed by atoms with Crippen LogP contribution in [0.4, 0.5) is 0 Å². The van der Waals surface area contributed by atoms with Crippen LogP contribution in [-0.4, -0.2) is 24.7 Å². The van der Waals surface area contributed by atoms with Gasteiger partial charge in [-0.2, -0.15) is 0 Å². The lowest BCUT2D eigenvalue weighted by Gasteiger charge is -2.19. The van der Waals surface area contributed by atoms with E-state index in [-0.39, 0.29) is 18.1 Å². The Morgan fingerprint density at radius 3 is 2.81 bits per heavy atom. The fourth-order valence-corrected chi connectivity index (χ4v) is 1.97. The van der Waals surface area contributed by atoms with Gasteiger partial charge in [0.05, 0.1) is 12.1 Å². The van der Waals surface area contributed by atoms with Gasteiger partial charge in [0.2, 0.25) is 0 Å². The van der Waals surface area contributed by atoms with Crippen LogP contribution in [0.2, 0.25) is 0 Å². The zero-order valence-corrected chi connectivity index (χ0v) is 9.48. The van der Waals surface area contributed by atoms with Crippen LogP contribution in [0.15, 0.2) is 30.3 Å². The topological polar surface area (TPSA) is 38.3 Å². The van der Waals surface area contributed by atoms with Crippen LogP contribution in [0.1, 0.15) is 30.1 Å². The van der Waals surface area contributed by atoms with Crippen molar-refractivity contribution >= 4 is 5.91 Å². The molecule has 1 aromatic rings. The minimum Gasteiger partial charge on any atom is -0.376 e. The van der Waals surface area contributed by atoms with E-state index in [1.807, 2.05) is 37.3 Å². The van der Waals surface area contributed by atoms with E-state index < -0.39 is 0 Å². The highest BCUT2D eigenvalue weighted by Gasteiger charge is 2.23.